The molecule has 0 aliphatic heterocycles. The quantitative estimate of drug-likeness (QED) is 0.856. The first-order valence-corrected chi connectivity index (χ1v) is 5.16. The average molecular weight is 276 g/mol. The minimum atomic E-state index is 0.276. The Bertz CT molecular complexity index is 355. The lowest BCUT2D eigenvalue weighted by atomic mass is 10.1. The van der Waals surface area contributed by atoms with E-state index < -0.39 is 0 Å². The van der Waals surface area contributed by atoms with Gasteiger partial charge in [0, 0.05) is 15.6 Å². The maximum absolute atomic E-state index is 5.28. The van der Waals surface area contributed by atoms with Crippen molar-refractivity contribution in [1.82, 2.24) is 0 Å². The Balaban J connectivity index is 3.33. The molecule has 0 saturated heterocycles. The Hall–Kier alpha value is -0.780. The molecule has 1 aromatic rings. The van der Waals surface area contributed by atoms with Crippen LogP contribution in [0.2, 0.25) is 0 Å². The Kier molecular flexibility index (Phi) is 4.38. The number of nitrogens with two attached hydrogens (primary N) is 1. The molecule has 15 heavy (non-hydrogen) atoms. The maximum Gasteiger partial charge on any atom is 0.166 e. The molecule has 0 aliphatic carbocycles. The highest BCUT2D eigenvalue weighted by atomic mass is 79.9. The zero-order chi connectivity index (χ0) is 11.4. The lowest BCUT2D eigenvalue weighted by Crippen LogP contribution is -2.04. The second kappa shape index (κ2) is 5.34. The molecule has 0 amide bonds. The van der Waals surface area contributed by atoms with Gasteiger partial charge in [-0.2, -0.15) is 0 Å². The summed E-state index contributed by atoms with van der Waals surface area (Å²) in [4.78, 5) is 4.61. The second-order valence-electron chi connectivity index (χ2n) is 3.02. The van der Waals surface area contributed by atoms with E-state index in [1.54, 1.807) is 14.2 Å². The first-order chi connectivity index (χ1) is 7.15. The van der Waals surface area contributed by atoms with Gasteiger partial charge in [-0.05, 0) is 13.0 Å². The Morgan fingerprint density at radius 2 is 1.87 bits per heavy atom. The van der Waals surface area contributed by atoms with Crippen LogP contribution in [0.4, 0.5) is 0 Å². The minimum Gasteiger partial charge on any atom is -0.493 e. The highest BCUT2D eigenvalue weighted by Crippen LogP contribution is 2.38. The summed E-state index contributed by atoms with van der Waals surface area (Å²) in [5.74, 6) is 6.40. The predicted molar refractivity (Wildman–Crippen MR) is 61.0 cm³/mol. The van der Waals surface area contributed by atoms with Crippen molar-refractivity contribution < 1.29 is 14.3 Å². The fraction of sp³-hybridized carbons (Fsp3) is 0.400. The molecule has 0 bridgehead atoms. The van der Waals surface area contributed by atoms with Gasteiger partial charge < -0.3 is 9.47 Å². The van der Waals surface area contributed by atoms with E-state index in [1.807, 2.05) is 13.0 Å². The molecule has 1 rings (SSSR count). The van der Waals surface area contributed by atoms with Gasteiger partial charge in [-0.1, -0.05) is 15.9 Å². The standard InChI is InChI=1S/C10H14BrNO3/c1-6-8(11)4-7(5-15-12)10(14-3)9(6)13-2/h4H,5,12H2,1-3H3. The number of methoxy groups -OCH3 is 2. The SMILES string of the molecule is COc1c(CON)cc(Br)c(C)c1OC. The minimum absolute atomic E-state index is 0.276. The molecule has 0 aromatic heterocycles. The van der Waals surface area contributed by atoms with Gasteiger partial charge in [0.1, 0.15) is 0 Å². The molecule has 0 saturated carbocycles. The Morgan fingerprint density at radius 1 is 1.27 bits per heavy atom. The van der Waals surface area contributed by atoms with Crippen molar-refractivity contribution in [3.63, 3.8) is 0 Å². The molecule has 0 aliphatic rings. The number of rotatable bonds is 4. The number of halogens is 1. The predicted octanol–water partition coefficient (Wildman–Crippen LogP) is 2.17. The summed E-state index contributed by atoms with van der Waals surface area (Å²) < 4.78 is 11.5. The smallest absolute Gasteiger partial charge is 0.166 e. The number of hydrogen-bond acceptors (Lipinski definition) is 4. The molecular formula is C10H14BrNO3. The summed E-state index contributed by atoms with van der Waals surface area (Å²) >= 11 is 3.44. The molecule has 84 valence electrons. The highest BCUT2D eigenvalue weighted by Gasteiger charge is 2.15. The topological polar surface area (TPSA) is 53.7 Å². The van der Waals surface area contributed by atoms with E-state index in [0.717, 1.165) is 15.6 Å². The largest absolute Gasteiger partial charge is 0.493 e. The van der Waals surface area contributed by atoms with Gasteiger partial charge in [0.15, 0.2) is 11.5 Å². The Labute approximate surface area is 97.4 Å². The van der Waals surface area contributed by atoms with E-state index >= 15 is 0 Å². The van der Waals surface area contributed by atoms with Crippen LogP contribution in [0.1, 0.15) is 11.1 Å². The van der Waals surface area contributed by atoms with Crippen molar-refractivity contribution in [2.24, 2.45) is 5.90 Å². The van der Waals surface area contributed by atoms with Gasteiger partial charge in [-0.3, -0.25) is 4.84 Å². The lowest BCUT2D eigenvalue weighted by molar-refractivity contribution is 0.121. The van der Waals surface area contributed by atoms with Crippen LogP contribution in [0.25, 0.3) is 0 Å². The van der Waals surface area contributed by atoms with Crippen LogP contribution < -0.4 is 15.4 Å². The van der Waals surface area contributed by atoms with Crippen molar-refractivity contribution >= 4 is 15.9 Å². The molecule has 0 fully saturated rings. The van der Waals surface area contributed by atoms with Crippen LogP contribution in [0.3, 0.4) is 0 Å². The van der Waals surface area contributed by atoms with E-state index in [9.17, 15) is 0 Å². The third-order valence-electron chi connectivity index (χ3n) is 2.14. The summed E-state index contributed by atoms with van der Waals surface area (Å²) in [6.07, 6.45) is 0. The summed E-state index contributed by atoms with van der Waals surface area (Å²) in [6, 6.07) is 1.91. The van der Waals surface area contributed by atoms with E-state index in [-0.39, 0.29) is 6.61 Å². The van der Waals surface area contributed by atoms with Crippen LogP contribution in [0.5, 0.6) is 11.5 Å². The maximum atomic E-state index is 5.28. The molecule has 0 radical (unpaired) electrons. The fourth-order valence-electron chi connectivity index (χ4n) is 1.42. The van der Waals surface area contributed by atoms with Crippen molar-refractivity contribution in [3.05, 3.63) is 21.7 Å². The summed E-state index contributed by atoms with van der Waals surface area (Å²) in [5.41, 5.74) is 1.82. The summed E-state index contributed by atoms with van der Waals surface area (Å²) in [6.45, 7) is 2.22. The molecule has 2 N–H and O–H groups in total. The number of ether oxygens (including phenoxy) is 2. The van der Waals surface area contributed by atoms with Crippen LogP contribution in [0.15, 0.2) is 10.5 Å². The molecule has 0 unspecified atom stereocenters. The zero-order valence-electron chi connectivity index (χ0n) is 8.96. The van der Waals surface area contributed by atoms with Crippen molar-refractivity contribution in [2.45, 2.75) is 13.5 Å². The molecule has 0 atom stereocenters. The molecule has 5 heteroatoms. The van der Waals surface area contributed by atoms with Gasteiger partial charge in [-0.15, -0.1) is 0 Å². The van der Waals surface area contributed by atoms with E-state index in [4.69, 9.17) is 15.4 Å². The first kappa shape index (κ1) is 12.3. The summed E-state index contributed by atoms with van der Waals surface area (Å²) in [7, 11) is 3.19. The number of benzene rings is 1. The average Bonchev–Trinajstić information content (AvgIpc) is 2.23. The second-order valence-corrected chi connectivity index (χ2v) is 3.87. The number of hydrogen-bond donors (Lipinski definition) is 1. The van der Waals surface area contributed by atoms with Gasteiger partial charge in [-0.25, -0.2) is 5.90 Å². The van der Waals surface area contributed by atoms with Gasteiger partial charge in [0.05, 0.1) is 20.8 Å². The monoisotopic (exact) mass is 275 g/mol. The van der Waals surface area contributed by atoms with Gasteiger partial charge in [0.2, 0.25) is 0 Å². The third kappa shape index (κ3) is 2.42. The van der Waals surface area contributed by atoms with Gasteiger partial charge >= 0.3 is 0 Å². The first-order valence-electron chi connectivity index (χ1n) is 4.37. The van der Waals surface area contributed by atoms with Crippen LogP contribution in [-0.4, -0.2) is 14.2 Å². The van der Waals surface area contributed by atoms with Gasteiger partial charge in [0.25, 0.3) is 0 Å². The highest BCUT2D eigenvalue weighted by molar-refractivity contribution is 9.10. The van der Waals surface area contributed by atoms with Crippen molar-refractivity contribution in [3.8, 4) is 11.5 Å². The van der Waals surface area contributed by atoms with Crippen LogP contribution >= 0.6 is 15.9 Å². The van der Waals surface area contributed by atoms with E-state index in [1.165, 1.54) is 0 Å². The molecule has 0 heterocycles. The van der Waals surface area contributed by atoms with Crippen molar-refractivity contribution in [1.29, 1.82) is 0 Å². The fourth-order valence-corrected chi connectivity index (χ4v) is 1.87. The van der Waals surface area contributed by atoms with E-state index in [0.29, 0.717) is 11.5 Å². The molecule has 0 spiro atoms. The normalized spacial score (nSPS) is 10.2. The summed E-state index contributed by atoms with van der Waals surface area (Å²) in [5, 5.41) is 0. The molecular weight excluding hydrogens is 262 g/mol. The molecule has 1 aromatic carbocycles. The van der Waals surface area contributed by atoms with Crippen molar-refractivity contribution in [2.75, 3.05) is 14.2 Å². The zero-order valence-corrected chi connectivity index (χ0v) is 10.6. The lowest BCUT2D eigenvalue weighted by Gasteiger charge is -2.15. The van der Waals surface area contributed by atoms with Crippen LogP contribution in [-0.2, 0) is 11.4 Å². The molecule has 4 nitrogen and oxygen atoms in total. The van der Waals surface area contributed by atoms with E-state index in [2.05, 4.69) is 20.8 Å². The van der Waals surface area contributed by atoms with Crippen LogP contribution in [0, 0.1) is 6.92 Å². The third-order valence-corrected chi connectivity index (χ3v) is 2.97. The Morgan fingerprint density at radius 3 is 2.33 bits per heavy atom.